The van der Waals surface area contributed by atoms with Crippen LogP contribution in [0.25, 0.3) is 0 Å². The van der Waals surface area contributed by atoms with Gasteiger partial charge in [-0.3, -0.25) is 4.68 Å². The summed E-state index contributed by atoms with van der Waals surface area (Å²) in [7, 11) is -1.51. The van der Waals surface area contributed by atoms with E-state index < -0.39 is 10.0 Å². The Bertz CT molecular complexity index is 449. The summed E-state index contributed by atoms with van der Waals surface area (Å²) >= 11 is 0. The van der Waals surface area contributed by atoms with E-state index in [0.29, 0.717) is 18.8 Å². The molecule has 1 aromatic heterocycles. The normalized spacial score (nSPS) is 21.4. The maximum Gasteiger partial charge on any atom is 0.216 e. The Labute approximate surface area is 94.3 Å². The lowest BCUT2D eigenvalue weighted by Gasteiger charge is -2.10. The molecule has 8 heteroatoms. The quantitative estimate of drug-likeness (QED) is 0.681. The van der Waals surface area contributed by atoms with Crippen molar-refractivity contribution < 1.29 is 8.42 Å². The second-order valence-corrected chi connectivity index (χ2v) is 5.86. The molecule has 0 amide bonds. The smallest absolute Gasteiger partial charge is 0.216 e. The number of aromatic nitrogens is 3. The molecule has 1 saturated heterocycles. The summed E-state index contributed by atoms with van der Waals surface area (Å²) in [6, 6.07) is 0. The number of nitrogens with one attached hydrogen (secondary N) is 2. The molecule has 0 spiro atoms. The van der Waals surface area contributed by atoms with Crippen LogP contribution in [-0.2, 0) is 23.6 Å². The summed E-state index contributed by atoms with van der Waals surface area (Å²) in [5.74, 6) is 0.483. The van der Waals surface area contributed by atoms with Gasteiger partial charge in [-0.1, -0.05) is 0 Å². The van der Waals surface area contributed by atoms with Crippen molar-refractivity contribution >= 4 is 10.0 Å². The molecule has 1 fully saturated rings. The molecule has 0 radical (unpaired) electrons. The number of nitrogens with zero attached hydrogens (tertiary/aromatic N) is 3. The molecular weight excluding hydrogens is 230 g/mol. The lowest BCUT2D eigenvalue weighted by molar-refractivity contribution is 0.565. The third kappa shape index (κ3) is 2.57. The number of hydrogen-bond acceptors (Lipinski definition) is 5. The first kappa shape index (κ1) is 11.5. The summed E-state index contributed by atoms with van der Waals surface area (Å²) in [6.07, 6.45) is 2.20. The summed E-state index contributed by atoms with van der Waals surface area (Å²) in [5, 5.41) is 6.69. The van der Waals surface area contributed by atoms with Crippen molar-refractivity contribution in [1.29, 1.82) is 0 Å². The van der Waals surface area contributed by atoms with Crippen molar-refractivity contribution in [2.45, 2.75) is 18.2 Å². The minimum absolute atomic E-state index is 0.152. The molecular formula is C8H15N5O2S. The van der Waals surface area contributed by atoms with Crippen molar-refractivity contribution in [3.05, 3.63) is 12.2 Å². The van der Waals surface area contributed by atoms with Gasteiger partial charge in [0, 0.05) is 13.6 Å². The van der Waals surface area contributed by atoms with Crippen LogP contribution in [-0.4, -0.2) is 41.5 Å². The standard InChI is InChI=1S/C8H15N5O2S/c1-13-6-10-8(12-13)5-11-16(14,15)7-2-3-9-4-7/h6-7,9,11H,2-5H2,1H3. The Kier molecular flexibility index (Phi) is 3.22. The molecule has 90 valence electrons. The van der Waals surface area contributed by atoms with Gasteiger partial charge >= 0.3 is 0 Å². The highest BCUT2D eigenvalue weighted by Crippen LogP contribution is 2.08. The van der Waals surface area contributed by atoms with E-state index >= 15 is 0 Å². The van der Waals surface area contributed by atoms with E-state index in [1.54, 1.807) is 18.1 Å². The molecule has 2 N–H and O–H groups in total. The Morgan fingerprint density at radius 1 is 1.69 bits per heavy atom. The van der Waals surface area contributed by atoms with Crippen LogP contribution in [0.5, 0.6) is 0 Å². The van der Waals surface area contributed by atoms with Crippen molar-refractivity contribution in [3.8, 4) is 0 Å². The number of rotatable bonds is 4. The van der Waals surface area contributed by atoms with Crippen LogP contribution < -0.4 is 10.0 Å². The Balaban J connectivity index is 1.94. The van der Waals surface area contributed by atoms with Gasteiger partial charge < -0.3 is 5.32 Å². The molecule has 0 saturated carbocycles. The Hall–Kier alpha value is -0.990. The van der Waals surface area contributed by atoms with Gasteiger partial charge in [0.25, 0.3) is 0 Å². The third-order valence-corrected chi connectivity index (χ3v) is 4.36. The molecule has 1 aliphatic rings. The number of aryl methyl sites for hydroxylation is 1. The van der Waals surface area contributed by atoms with Crippen molar-refractivity contribution in [1.82, 2.24) is 24.8 Å². The van der Waals surface area contributed by atoms with Crippen LogP contribution >= 0.6 is 0 Å². The minimum Gasteiger partial charge on any atom is -0.315 e. The van der Waals surface area contributed by atoms with Crippen molar-refractivity contribution in [2.75, 3.05) is 13.1 Å². The first-order valence-corrected chi connectivity index (χ1v) is 6.66. The topological polar surface area (TPSA) is 88.9 Å². The zero-order valence-electron chi connectivity index (χ0n) is 9.05. The molecule has 7 nitrogen and oxygen atoms in total. The molecule has 1 aliphatic heterocycles. The van der Waals surface area contributed by atoms with Gasteiger partial charge in [-0.2, -0.15) is 5.10 Å². The van der Waals surface area contributed by atoms with E-state index in [4.69, 9.17) is 0 Å². The third-order valence-electron chi connectivity index (χ3n) is 2.53. The van der Waals surface area contributed by atoms with Gasteiger partial charge in [-0.15, -0.1) is 0 Å². The Morgan fingerprint density at radius 2 is 2.50 bits per heavy atom. The lowest BCUT2D eigenvalue weighted by Crippen LogP contribution is -2.35. The van der Waals surface area contributed by atoms with Crippen LogP contribution in [0.4, 0.5) is 0 Å². The minimum atomic E-state index is -3.25. The fourth-order valence-corrected chi connectivity index (χ4v) is 2.97. The van der Waals surface area contributed by atoms with Crippen LogP contribution in [0.15, 0.2) is 6.33 Å². The van der Waals surface area contributed by atoms with Crippen molar-refractivity contribution in [2.24, 2.45) is 7.05 Å². The van der Waals surface area contributed by atoms with Crippen molar-refractivity contribution in [3.63, 3.8) is 0 Å². The SMILES string of the molecule is Cn1cnc(CNS(=O)(=O)C2CCNC2)n1. The maximum atomic E-state index is 11.8. The zero-order chi connectivity index (χ0) is 11.6. The van der Waals surface area contributed by atoms with Gasteiger partial charge in [0.2, 0.25) is 10.0 Å². The molecule has 0 aromatic carbocycles. The lowest BCUT2D eigenvalue weighted by atomic mass is 10.4. The van der Waals surface area contributed by atoms with E-state index in [2.05, 4.69) is 20.1 Å². The molecule has 0 aliphatic carbocycles. The molecule has 16 heavy (non-hydrogen) atoms. The highest BCUT2D eigenvalue weighted by molar-refractivity contribution is 7.90. The predicted molar refractivity (Wildman–Crippen MR) is 58.0 cm³/mol. The van der Waals surface area contributed by atoms with Crippen LogP contribution in [0.1, 0.15) is 12.2 Å². The second-order valence-electron chi connectivity index (χ2n) is 3.82. The van der Waals surface area contributed by atoms with Gasteiger partial charge in [-0.05, 0) is 13.0 Å². The van der Waals surface area contributed by atoms with Crippen LogP contribution in [0, 0.1) is 0 Å². The van der Waals surface area contributed by atoms with E-state index in [9.17, 15) is 8.42 Å². The fourth-order valence-electron chi connectivity index (χ4n) is 1.64. The molecule has 1 unspecified atom stereocenters. The van der Waals surface area contributed by atoms with Gasteiger partial charge in [-0.25, -0.2) is 18.1 Å². The Morgan fingerprint density at radius 3 is 3.06 bits per heavy atom. The molecule has 2 rings (SSSR count). The summed E-state index contributed by atoms with van der Waals surface area (Å²) in [4.78, 5) is 3.95. The number of sulfonamides is 1. The predicted octanol–water partition coefficient (Wildman–Crippen LogP) is -1.40. The summed E-state index contributed by atoms with van der Waals surface area (Å²) < 4.78 is 27.7. The average Bonchev–Trinajstić information content (AvgIpc) is 2.85. The highest BCUT2D eigenvalue weighted by Gasteiger charge is 2.28. The molecule has 1 atom stereocenters. The van der Waals surface area contributed by atoms with Gasteiger partial charge in [0.15, 0.2) is 5.82 Å². The fraction of sp³-hybridized carbons (Fsp3) is 0.750. The summed E-state index contributed by atoms with van der Waals surface area (Å²) in [6.45, 7) is 1.43. The zero-order valence-corrected chi connectivity index (χ0v) is 9.87. The van der Waals surface area contributed by atoms with E-state index in [1.165, 1.54) is 0 Å². The monoisotopic (exact) mass is 245 g/mol. The second kappa shape index (κ2) is 4.48. The molecule has 0 bridgehead atoms. The highest BCUT2D eigenvalue weighted by atomic mass is 32.2. The average molecular weight is 245 g/mol. The maximum absolute atomic E-state index is 11.8. The van der Waals surface area contributed by atoms with Gasteiger partial charge in [0.1, 0.15) is 6.33 Å². The van der Waals surface area contributed by atoms with Gasteiger partial charge in [0.05, 0.1) is 11.8 Å². The molecule has 2 heterocycles. The van der Waals surface area contributed by atoms with Crippen LogP contribution in [0.2, 0.25) is 0 Å². The largest absolute Gasteiger partial charge is 0.315 e. The first-order valence-electron chi connectivity index (χ1n) is 5.11. The van der Waals surface area contributed by atoms with E-state index in [0.717, 1.165) is 6.54 Å². The number of hydrogen-bond donors (Lipinski definition) is 2. The van der Waals surface area contributed by atoms with E-state index in [-0.39, 0.29) is 11.8 Å². The first-order chi connectivity index (χ1) is 7.58. The molecule has 1 aromatic rings. The summed E-state index contributed by atoms with van der Waals surface area (Å²) in [5.41, 5.74) is 0. The van der Waals surface area contributed by atoms with E-state index in [1.807, 2.05) is 0 Å². The van der Waals surface area contributed by atoms with Crippen LogP contribution in [0.3, 0.4) is 0 Å².